The number of nitrogens with one attached hydrogen (secondary N) is 3. The molecule has 1 aliphatic rings. The first-order valence-electron chi connectivity index (χ1n) is 10.2. The van der Waals surface area contributed by atoms with Crippen molar-refractivity contribution < 1.29 is 14.4 Å². The lowest BCUT2D eigenvalue weighted by molar-refractivity contribution is -0.123. The highest BCUT2D eigenvalue weighted by Crippen LogP contribution is 2.25. The van der Waals surface area contributed by atoms with E-state index in [9.17, 15) is 14.4 Å². The summed E-state index contributed by atoms with van der Waals surface area (Å²) in [7, 11) is 0. The first-order chi connectivity index (χ1) is 13.9. The Morgan fingerprint density at radius 2 is 1.83 bits per heavy atom. The molecular weight excluding hydrogens is 388 g/mol. The highest BCUT2D eigenvalue weighted by molar-refractivity contribution is 8.00. The molecule has 160 valence electrons. The Morgan fingerprint density at radius 1 is 1.17 bits per heavy atom. The van der Waals surface area contributed by atoms with Gasteiger partial charge in [0.25, 0.3) is 0 Å². The van der Waals surface area contributed by atoms with Crippen LogP contribution in [0.15, 0.2) is 29.2 Å². The van der Waals surface area contributed by atoms with Gasteiger partial charge < -0.3 is 16.0 Å². The van der Waals surface area contributed by atoms with Crippen LogP contribution in [0.1, 0.15) is 40.0 Å². The van der Waals surface area contributed by atoms with Gasteiger partial charge in [-0.05, 0) is 50.5 Å². The summed E-state index contributed by atoms with van der Waals surface area (Å²) in [5.41, 5.74) is 0.745. The van der Waals surface area contributed by atoms with Gasteiger partial charge in [0.1, 0.15) is 0 Å². The van der Waals surface area contributed by atoms with E-state index in [1.807, 2.05) is 38.1 Å². The van der Waals surface area contributed by atoms with Gasteiger partial charge in [0, 0.05) is 43.2 Å². The third-order valence-corrected chi connectivity index (χ3v) is 5.84. The number of likely N-dealkylation sites (tertiary alicyclic amines) is 1. The molecular formula is C21H32N4O3S. The van der Waals surface area contributed by atoms with Crippen LogP contribution < -0.4 is 16.0 Å². The van der Waals surface area contributed by atoms with Gasteiger partial charge in [-0.15, -0.1) is 11.8 Å². The number of rotatable bonds is 9. The average Bonchev–Trinajstić information content (AvgIpc) is 2.69. The highest BCUT2D eigenvalue weighted by atomic mass is 32.2. The number of anilines is 1. The Morgan fingerprint density at radius 3 is 2.41 bits per heavy atom. The third kappa shape index (κ3) is 8.45. The molecule has 7 nitrogen and oxygen atoms in total. The van der Waals surface area contributed by atoms with Crippen LogP contribution in [0.25, 0.3) is 0 Å². The minimum Gasteiger partial charge on any atom is -0.355 e. The van der Waals surface area contributed by atoms with E-state index < -0.39 is 0 Å². The molecule has 0 bridgehead atoms. The van der Waals surface area contributed by atoms with Gasteiger partial charge in [0.15, 0.2) is 0 Å². The minimum atomic E-state index is -0.209. The summed E-state index contributed by atoms with van der Waals surface area (Å²) >= 11 is 1.50. The van der Waals surface area contributed by atoms with Crippen molar-refractivity contribution in [3.63, 3.8) is 0 Å². The molecule has 1 aliphatic heterocycles. The molecule has 0 saturated carbocycles. The predicted octanol–water partition coefficient (Wildman–Crippen LogP) is 2.23. The summed E-state index contributed by atoms with van der Waals surface area (Å²) in [5.74, 6) is -0.00487. The number of carbonyl (C=O) groups excluding carboxylic acids is 3. The molecule has 29 heavy (non-hydrogen) atoms. The fourth-order valence-electron chi connectivity index (χ4n) is 3.16. The second-order valence-corrected chi connectivity index (χ2v) is 8.79. The van der Waals surface area contributed by atoms with E-state index in [1.54, 1.807) is 0 Å². The van der Waals surface area contributed by atoms with Crippen molar-refractivity contribution in [2.75, 3.05) is 31.5 Å². The van der Waals surface area contributed by atoms with E-state index in [-0.39, 0.29) is 29.0 Å². The van der Waals surface area contributed by atoms with Gasteiger partial charge >= 0.3 is 0 Å². The Bertz CT molecular complexity index is 688. The number of benzene rings is 1. The third-order valence-electron chi connectivity index (χ3n) is 4.73. The average molecular weight is 421 g/mol. The lowest BCUT2D eigenvalue weighted by Gasteiger charge is -2.32. The smallest absolute Gasteiger partial charge is 0.234 e. The molecule has 2 rings (SSSR count). The van der Waals surface area contributed by atoms with Crippen LogP contribution in [-0.2, 0) is 14.4 Å². The SMILES string of the molecule is CCCNC(=O)CN1CCC(NC(=O)C(C)Sc2ccc(NC(C)=O)cc2)CC1. The van der Waals surface area contributed by atoms with E-state index in [0.717, 1.165) is 49.5 Å². The number of nitrogens with zero attached hydrogens (tertiary/aromatic N) is 1. The fraction of sp³-hybridized carbons (Fsp3) is 0.571. The lowest BCUT2D eigenvalue weighted by Crippen LogP contribution is -2.48. The van der Waals surface area contributed by atoms with Crippen molar-refractivity contribution in [1.29, 1.82) is 0 Å². The summed E-state index contributed by atoms with van der Waals surface area (Å²) in [6, 6.07) is 7.63. The van der Waals surface area contributed by atoms with Crippen molar-refractivity contribution in [2.24, 2.45) is 0 Å². The Hall–Kier alpha value is -2.06. The van der Waals surface area contributed by atoms with Crippen LogP contribution in [0.5, 0.6) is 0 Å². The maximum absolute atomic E-state index is 12.5. The molecule has 1 unspecified atom stereocenters. The molecule has 3 amide bonds. The summed E-state index contributed by atoms with van der Waals surface area (Å²) in [5, 5.41) is 8.56. The quantitative estimate of drug-likeness (QED) is 0.533. The van der Waals surface area contributed by atoms with Crippen molar-refractivity contribution >= 4 is 35.2 Å². The molecule has 0 spiro atoms. The molecule has 3 N–H and O–H groups in total. The maximum atomic E-state index is 12.5. The van der Waals surface area contributed by atoms with Gasteiger partial charge in [-0.2, -0.15) is 0 Å². The van der Waals surface area contributed by atoms with E-state index >= 15 is 0 Å². The van der Waals surface area contributed by atoms with Crippen LogP contribution in [0.4, 0.5) is 5.69 Å². The number of piperidine rings is 1. The second kappa shape index (κ2) is 11.8. The zero-order valence-electron chi connectivity index (χ0n) is 17.5. The van der Waals surface area contributed by atoms with Gasteiger partial charge in [-0.1, -0.05) is 6.92 Å². The number of hydrogen-bond acceptors (Lipinski definition) is 5. The van der Waals surface area contributed by atoms with E-state index in [2.05, 4.69) is 20.9 Å². The van der Waals surface area contributed by atoms with E-state index in [1.165, 1.54) is 18.7 Å². The van der Waals surface area contributed by atoms with Gasteiger partial charge in [-0.25, -0.2) is 0 Å². The van der Waals surface area contributed by atoms with Crippen LogP contribution in [-0.4, -0.2) is 60.1 Å². The molecule has 1 saturated heterocycles. The molecule has 1 atom stereocenters. The van der Waals surface area contributed by atoms with E-state index in [4.69, 9.17) is 0 Å². The molecule has 0 aliphatic carbocycles. The van der Waals surface area contributed by atoms with Crippen LogP contribution in [0.3, 0.4) is 0 Å². The summed E-state index contributed by atoms with van der Waals surface area (Å²) in [4.78, 5) is 38.6. The molecule has 1 aromatic carbocycles. The predicted molar refractivity (Wildman–Crippen MR) is 117 cm³/mol. The Kier molecular flexibility index (Phi) is 9.47. The molecule has 0 aromatic heterocycles. The van der Waals surface area contributed by atoms with Gasteiger partial charge in [0.2, 0.25) is 17.7 Å². The Labute approximate surface area is 177 Å². The second-order valence-electron chi connectivity index (χ2n) is 7.37. The van der Waals surface area contributed by atoms with Crippen molar-refractivity contribution in [1.82, 2.24) is 15.5 Å². The minimum absolute atomic E-state index is 0.0278. The standard InChI is InChI=1S/C21H32N4O3S/c1-4-11-22-20(27)14-25-12-9-18(10-13-25)24-21(28)15(2)29-19-7-5-17(6-8-19)23-16(3)26/h5-8,15,18H,4,9-14H2,1-3H3,(H,22,27)(H,23,26)(H,24,28). The first-order valence-corrected chi connectivity index (χ1v) is 11.1. The zero-order chi connectivity index (χ0) is 21.2. The van der Waals surface area contributed by atoms with Crippen LogP contribution >= 0.6 is 11.8 Å². The lowest BCUT2D eigenvalue weighted by atomic mass is 10.0. The zero-order valence-corrected chi connectivity index (χ0v) is 18.3. The largest absolute Gasteiger partial charge is 0.355 e. The van der Waals surface area contributed by atoms with Gasteiger partial charge in [-0.3, -0.25) is 19.3 Å². The highest BCUT2D eigenvalue weighted by Gasteiger charge is 2.24. The molecule has 1 heterocycles. The number of hydrogen-bond donors (Lipinski definition) is 3. The number of thioether (sulfide) groups is 1. The van der Waals surface area contributed by atoms with Crippen LogP contribution in [0, 0.1) is 0 Å². The first kappa shape index (κ1) is 23.2. The normalized spacial score (nSPS) is 16.1. The van der Waals surface area contributed by atoms with Crippen molar-refractivity contribution in [2.45, 2.75) is 56.2 Å². The summed E-state index contributed by atoms with van der Waals surface area (Å²) in [6.07, 6.45) is 2.65. The topological polar surface area (TPSA) is 90.5 Å². The Balaban J connectivity index is 1.72. The molecule has 0 radical (unpaired) electrons. The monoisotopic (exact) mass is 420 g/mol. The number of amides is 3. The maximum Gasteiger partial charge on any atom is 0.234 e. The van der Waals surface area contributed by atoms with E-state index in [0.29, 0.717) is 6.54 Å². The van der Waals surface area contributed by atoms with Gasteiger partial charge in [0.05, 0.1) is 11.8 Å². The fourth-order valence-corrected chi connectivity index (χ4v) is 4.03. The number of carbonyl (C=O) groups is 3. The summed E-state index contributed by atoms with van der Waals surface area (Å²) in [6.45, 7) is 8.19. The van der Waals surface area contributed by atoms with Crippen LogP contribution in [0.2, 0.25) is 0 Å². The molecule has 1 fully saturated rings. The van der Waals surface area contributed by atoms with Crippen molar-refractivity contribution in [3.8, 4) is 0 Å². The van der Waals surface area contributed by atoms with Crippen molar-refractivity contribution in [3.05, 3.63) is 24.3 Å². The summed E-state index contributed by atoms with van der Waals surface area (Å²) < 4.78 is 0. The molecule has 1 aromatic rings. The molecule has 8 heteroatoms.